The average molecular weight is 274 g/mol. The van der Waals surface area contributed by atoms with Crippen molar-refractivity contribution >= 4 is 33.0 Å². The first-order valence-corrected chi connectivity index (χ1v) is 7.40. The Labute approximate surface area is 116 Å². The second-order valence-corrected chi connectivity index (χ2v) is 6.84. The number of benzene rings is 1. The lowest BCUT2D eigenvalue weighted by molar-refractivity contribution is 0.0908. The highest BCUT2D eigenvalue weighted by atomic mass is 32.1. The zero-order chi connectivity index (χ0) is 13.6. The molecule has 1 aliphatic rings. The van der Waals surface area contributed by atoms with Crippen LogP contribution in [0.25, 0.3) is 10.1 Å². The number of carbonyl (C=O) groups is 1. The third kappa shape index (κ3) is 2.21. The van der Waals surface area contributed by atoms with Crippen LogP contribution in [0.4, 0.5) is 5.69 Å². The van der Waals surface area contributed by atoms with Gasteiger partial charge in [-0.05, 0) is 38.7 Å². The van der Waals surface area contributed by atoms with Crippen LogP contribution in [0.2, 0.25) is 0 Å². The van der Waals surface area contributed by atoms with E-state index in [1.807, 2.05) is 24.3 Å². The van der Waals surface area contributed by atoms with E-state index in [2.05, 4.69) is 19.2 Å². The summed E-state index contributed by atoms with van der Waals surface area (Å²) in [6.07, 6.45) is 2.41. The van der Waals surface area contributed by atoms with E-state index in [9.17, 15) is 4.79 Å². The molecular weight excluding hydrogens is 256 g/mol. The third-order valence-corrected chi connectivity index (χ3v) is 5.06. The molecule has 2 aromatic rings. The van der Waals surface area contributed by atoms with Crippen LogP contribution in [0.3, 0.4) is 0 Å². The third-order valence-electron chi connectivity index (χ3n) is 3.87. The fourth-order valence-corrected chi connectivity index (χ4v) is 3.51. The van der Waals surface area contributed by atoms with Gasteiger partial charge < -0.3 is 11.1 Å². The van der Waals surface area contributed by atoms with Crippen LogP contribution in [-0.4, -0.2) is 11.4 Å². The van der Waals surface area contributed by atoms with Gasteiger partial charge in [0.25, 0.3) is 5.91 Å². The van der Waals surface area contributed by atoms with E-state index >= 15 is 0 Å². The standard InChI is InChI=1S/C15H18N2OS/c1-15(2,9-7-8-9)17-14(18)13-12(16)10-5-3-4-6-11(10)19-13/h3-6,9H,7-8,16H2,1-2H3,(H,17,18). The molecular formula is C15H18N2OS. The summed E-state index contributed by atoms with van der Waals surface area (Å²) in [5.74, 6) is 0.558. The van der Waals surface area contributed by atoms with Crippen LogP contribution in [0, 0.1) is 5.92 Å². The zero-order valence-electron chi connectivity index (χ0n) is 11.2. The first-order valence-electron chi connectivity index (χ1n) is 6.58. The molecule has 0 unspecified atom stereocenters. The number of nitrogen functional groups attached to an aromatic ring is 1. The van der Waals surface area contributed by atoms with Crippen LogP contribution in [-0.2, 0) is 0 Å². The summed E-state index contributed by atoms with van der Waals surface area (Å²) in [5.41, 5.74) is 6.56. The molecule has 1 aromatic heterocycles. The molecule has 3 N–H and O–H groups in total. The van der Waals surface area contributed by atoms with Crippen molar-refractivity contribution in [3.05, 3.63) is 29.1 Å². The van der Waals surface area contributed by atoms with Gasteiger partial charge in [-0.25, -0.2) is 0 Å². The summed E-state index contributed by atoms with van der Waals surface area (Å²) in [4.78, 5) is 13.0. The molecule has 1 aliphatic carbocycles. The van der Waals surface area contributed by atoms with Gasteiger partial charge >= 0.3 is 0 Å². The highest BCUT2D eigenvalue weighted by Crippen LogP contribution is 2.40. The first kappa shape index (κ1) is 12.5. The maximum absolute atomic E-state index is 12.4. The van der Waals surface area contributed by atoms with Gasteiger partial charge in [0.2, 0.25) is 0 Å². The summed E-state index contributed by atoms with van der Waals surface area (Å²) >= 11 is 1.47. The Kier molecular flexibility index (Phi) is 2.78. The highest BCUT2D eigenvalue weighted by molar-refractivity contribution is 7.21. The largest absolute Gasteiger partial charge is 0.397 e. The van der Waals surface area contributed by atoms with E-state index < -0.39 is 0 Å². The number of hydrogen-bond acceptors (Lipinski definition) is 3. The summed E-state index contributed by atoms with van der Waals surface area (Å²) in [7, 11) is 0. The van der Waals surface area contributed by atoms with Gasteiger partial charge in [-0.1, -0.05) is 18.2 Å². The molecule has 0 spiro atoms. The molecule has 1 aromatic carbocycles. The normalized spacial score (nSPS) is 15.7. The van der Waals surface area contributed by atoms with Gasteiger partial charge in [0.1, 0.15) is 4.88 Å². The van der Waals surface area contributed by atoms with E-state index in [0.717, 1.165) is 10.1 Å². The quantitative estimate of drug-likeness (QED) is 0.901. The topological polar surface area (TPSA) is 55.1 Å². The molecule has 19 heavy (non-hydrogen) atoms. The molecule has 1 amide bonds. The predicted octanol–water partition coefficient (Wildman–Crippen LogP) is 3.40. The summed E-state index contributed by atoms with van der Waals surface area (Å²) in [5, 5.41) is 4.10. The minimum atomic E-state index is -0.139. The number of carbonyl (C=O) groups excluding carboxylic acids is 1. The van der Waals surface area contributed by atoms with Gasteiger partial charge in [-0.15, -0.1) is 11.3 Å². The maximum atomic E-state index is 12.4. The van der Waals surface area contributed by atoms with E-state index in [1.54, 1.807) is 0 Å². The Morgan fingerprint density at radius 1 is 1.37 bits per heavy atom. The van der Waals surface area contributed by atoms with Crippen molar-refractivity contribution in [3.8, 4) is 0 Å². The Morgan fingerprint density at radius 3 is 2.68 bits per heavy atom. The van der Waals surface area contributed by atoms with Gasteiger partial charge in [0, 0.05) is 15.6 Å². The number of nitrogens with two attached hydrogens (primary N) is 1. The molecule has 1 saturated carbocycles. The molecule has 3 nitrogen and oxygen atoms in total. The molecule has 0 saturated heterocycles. The van der Waals surface area contributed by atoms with Crippen LogP contribution < -0.4 is 11.1 Å². The minimum absolute atomic E-state index is 0.0457. The van der Waals surface area contributed by atoms with Crippen molar-refractivity contribution in [2.75, 3.05) is 5.73 Å². The average Bonchev–Trinajstić information content (AvgIpc) is 3.16. The monoisotopic (exact) mass is 274 g/mol. The van der Waals surface area contributed by atoms with Gasteiger partial charge in [0.05, 0.1) is 5.69 Å². The lowest BCUT2D eigenvalue weighted by Gasteiger charge is -2.25. The number of rotatable bonds is 3. The zero-order valence-corrected chi connectivity index (χ0v) is 12.0. The number of anilines is 1. The van der Waals surface area contributed by atoms with Crippen LogP contribution in [0.15, 0.2) is 24.3 Å². The summed E-state index contributed by atoms with van der Waals surface area (Å²) in [6.45, 7) is 4.18. The fraction of sp³-hybridized carbons (Fsp3) is 0.400. The molecule has 0 aliphatic heterocycles. The number of thiophene rings is 1. The van der Waals surface area contributed by atoms with Crippen molar-refractivity contribution in [2.45, 2.75) is 32.2 Å². The van der Waals surface area contributed by atoms with Crippen molar-refractivity contribution in [2.24, 2.45) is 5.92 Å². The number of amides is 1. The number of fused-ring (bicyclic) bond motifs is 1. The van der Waals surface area contributed by atoms with Crippen molar-refractivity contribution in [1.29, 1.82) is 0 Å². The van der Waals surface area contributed by atoms with Crippen molar-refractivity contribution in [3.63, 3.8) is 0 Å². The van der Waals surface area contributed by atoms with Crippen LogP contribution in [0.5, 0.6) is 0 Å². The lowest BCUT2D eigenvalue weighted by Crippen LogP contribution is -2.45. The molecule has 4 heteroatoms. The summed E-state index contributed by atoms with van der Waals surface area (Å²) in [6, 6.07) is 7.87. The number of nitrogens with one attached hydrogen (secondary N) is 1. The molecule has 1 fully saturated rings. The highest BCUT2D eigenvalue weighted by Gasteiger charge is 2.39. The second kappa shape index (κ2) is 4.23. The van der Waals surface area contributed by atoms with E-state index in [0.29, 0.717) is 16.5 Å². The molecule has 3 rings (SSSR count). The fourth-order valence-electron chi connectivity index (χ4n) is 2.49. The Hall–Kier alpha value is -1.55. The molecule has 100 valence electrons. The summed E-state index contributed by atoms with van der Waals surface area (Å²) < 4.78 is 1.06. The molecule has 0 bridgehead atoms. The van der Waals surface area contributed by atoms with Gasteiger partial charge in [-0.2, -0.15) is 0 Å². The van der Waals surface area contributed by atoms with E-state index in [-0.39, 0.29) is 11.4 Å². The minimum Gasteiger partial charge on any atom is -0.397 e. The van der Waals surface area contributed by atoms with Gasteiger partial charge in [0.15, 0.2) is 0 Å². The number of hydrogen-bond donors (Lipinski definition) is 2. The van der Waals surface area contributed by atoms with Crippen molar-refractivity contribution < 1.29 is 4.79 Å². The van der Waals surface area contributed by atoms with E-state index in [1.165, 1.54) is 24.2 Å². The maximum Gasteiger partial charge on any atom is 0.263 e. The smallest absolute Gasteiger partial charge is 0.263 e. The molecule has 0 atom stereocenters. The SMILES string of the molecule is CC(C)(NC(=O)c1sc2ccccc2c1N)C1CC1. The molecule has 0 radical (unpaired) electrons. The lowest BCUT2D eigenvalue weighted by atomic mass is 9.98. The van der Waals surface area contributed by atoms with Gasteiger partial charge in [-0.3, -0.25) is 4.79 Å². The molecule has 1 heterocycles. The Morgan fingerprint density at radius 2 is 2.05 bits per heavy atom. The Bertz CT molecular complexity index is 641. The first-order chi connectivity index (χ1) is 8.99. The Balaban J connectivity index is 1.91. The van der Waals surface area contributed by atoms with Crippen LogP contribution >= 0.6 is 11.3 Å². The van der Waals surface area contributed by atoms with Crippen molar-refractivity contribution in [1.82, 2.24) is 5.32 Å². The second-order valence-electron chi connectivity index (χ2n) is 5.79. The van der Waals surface area contributed by atoms with Crippen LogP contribution in [0.1, 0.15) is 36.4 Å². The van der Waals surface area contributed by atoms with E-state index in [4.69, 9.17) is 5.73 Å². The predicted molar refractivity (Wildman–Crippen MR) is 80.5 cm³/mol.